The van der Waals surface area contributed by atoms with Gasteiger partial charge in [-0.05, 0) is 50.2 Å². The number of benzene rings is 1. The number of Topliss-reactive ketones (excluding diaryl/α,β-unsaturated/α-hetero) is 1. The molecule has 0 aromatic heterocycles. The van der Waals surface area contributed by atoms with Crippen molar-refractivity contribution in [2.45, 2.75) is 116 Å². The molecule has 0 aliphatic heterocycles. The van der Waals surface area contributed by atoms with Crippen LogP contribution in [0, 0.1) is 0 Å². The van der Waals surface area contributed by atoms with Gasteiger partial charge in [-0.2, -0.15) is 13.2 Å². The molecule has 0 N–H and O–H groups in total. The topological polar surface area (TPSA) is 17.1 Å². The minimum absolute atomic E-state index is 0.0644. The van der Waals surface area contributed by atoms with E-state index in [1.807, 2.05) is 0 Å². The molecule has 1 aromatic carbocycles. The molecule has 4 heteroatoms. The van der Waals surface area contributed by atoms with Gasteiger partial charge in [0, 0.05) is 12.8 Å². The van der Waals surface area contributed by atoms with Crippen LogP contribution in [0.2, 0.25) is 0 Å². The van der Waals surface area contributed by atoms with Gasteiger partial charge in [0.1, 0.15) is 5.78 Å². The Kier molecular flexibility index (Phi) is 15.1. The lowest BCUT2D eigenvalue weighted by atomic mass is 9.99. The van der Waals surface area contributed by atoms with E-state index in [-0.39, 0.29) is 24.2 Å². The Morgan fingerprint density at radius 1 is 0.774 bits per heavy atom. The van der Waals surface area contributed by atoms with Gasteiger partial charge in [-0.15, -0.1) is 0 Å². The Morgan fingerprint density at radius 2 is 1.32 bits per heavy atom. The van der Waals surface area contributed by atoms with Crippen LogP contribution in [0.1, 0.15) is 114 Å². The number of hydrogen-bond donors (Lipinski definition) is 0. The Labute approximate surface area is 187 Å². The van der Waals surface area contributed by atoms with Gasteiger partial charge < -0.3 is 0 Å². The summed E-state index contributed by atoms with van der Waals surface area (Å²) in [5.41, 5.74) is -0.406. The number of alkyl halides is 3. The van der Waals surface area contributed by atoms with E-state index in [9.17, 15) is 18.0 Å². The largest absolute Gasteiger partial charge is 0.416 e. The van der Waals surface area contributed by atoms with Gasteiger partial charge in [-0.3, -0.25) is 4.79 Å². The molecule has 0 saturated heterocycles. The van der Waals surface area contributed by atoms with Crippen molar-refractivity contribution in [3.63, 3.8) is 0 Å². The van der Waals surface area contributed by atoms with Crippen LogP contribution in [0.3, 0.4) is 0 Å². The summed E-state index contributed by atoms with van der Waals surface area (Å²) in [5.74, 6) is 0.0644. The fraction of sp³-hybridized carbons (Fsp3) is 0.667. The maximum Gasteiger partial charge on any atom is 0.416 e. The van der Waals surface area contributed by atoms with E-state index in [0.717, 1.165) is 31.7 Å². The molecule has 0 atom stereocenters. The quantitative estimate of drug-likeness (QED) is 0.165. The Hall–Kier alpha value is -1.58. The lowest BCUT2D eigenvalue weighted by Crippen LogP contribution is -2.10. The smallest absolute Gasteiger partial charge is 0.300 e. The SMILES string of the molecule is CCCCCCCC/C=C\CCCCCCCC(=O)CCc1ccccc1C(F)(F)F. The highest BCUT2D eigenvalue weighted by molar-refractivity contribution is 5.78. The first-order chi connectivity index (χ1) is 14.9. The average molecular weight is 439 g/mol. The van der Waals surface area contributed by atoms with Gasteiger partial charge in [0.05, 0.1) is 5.56 Å². The van der Waals surface area contributed by atoms with E-state index < -0.39 is 11.7 Å². The number of unbranched alkanes of at least 4 members (excludes halogenated alkanes) is 11. The third kappa shape index (κ3) is 14.2. The van der Waals surface area contributed by atoms with E-state index in [0.29, 0.717) is 6.42 Å². The first kappa shape index (κ1) is 27.5. The standard InChI is InChI=1S/C27H41F3O/c1-2-3-4-5-6-7-8-9-10-11-12-13-14-15-16-20-25(31)23-22-24-19-17-18-21-26(24)27(28,29)30/h9-10,17-19,21H,2-8,11-16,20,22-23H2,1H3/b10-9-. The number of carbonyl (C=O) groups excluding carboxylic acids is 1. The van der Waals surface area contributed by atoms with Gasteiger partial charge in [0.15, 0.2) is 0 Å². The molecule has 1 rings (SSSR count). The molecule has 0 bridgehead atoms. The maximum absolute atomic E-state index is 13.0. The molecule has 0 heterocycles. The Bertz CT molecular complexity index is 619. The number of hydrogen-bond acceptors (Lipinski definition) is 1. The summed E-state index contributed by atoms with van der Waals surface area (Å²) < 4.78 is 39.0. The van der Waals surface area contributed by atoms with Crippen molar-refractivity contribution in [3.05, 3.63) is 47.5 Å². The van der Waals surface area contributed by atoms with Crippen molar-refractivity contribution in [3.8, 4) is 0 Å². The third-order valence-corrected chi connectivity index (χ3v) is 5.71. The first-order valence-corrected chi connectivity index (χ1v) is 12.3. The number of allylic oxidation sites excluding steroid dienone is 2. The van der Waals surface area contributed by atoms with Crippen molar-refractivity contribution < 1.29 is 18.0 Å². The van der Waals surface area contributed by atoms with Crippen molar-refractivity contribution in [1.29, 1.82) is 0 Å². The van der Waals surface area contributed by atoms with Crippen LogP contribution in [-0.2, 0) is 17.4 Å². The zero-order valence-electron chi connectivity index (χ0n) is 19.3. The molecule has 0 aliphatic rings. The molecule has 0 unspecified atom stereocenters. The zero-order valence-corrected chi connectivity index (χ0v) is 19.3. The van der Waals surface area contributed by atoms with Crippen LogP contribution < -0.4 is 0 Å². The Balaban J connectivity index is 1.99. The second-order valence-corrected chi connectivity index (χ2v) is 8.53. The van der Waals surface area contributed by atoms with Crippen LogP contribution in [0.25, 0.3) is 0 Å². The highest BCUT2D eigenvalue weighted by Crippen LogP contribution is 2.32. The minimum Gasteiger partial charge on any atom is -0.300 e. The fourth-order valence-electron chi connectivity index (χ4n) is 3.81. The number of rotatable bonds is 18. The van der Waals surface area contributed by atoms with Gasteiger partial charge in [-0.1, -0.05) is 88.6 Å². The van der Waals surface area contributed by atoms with E-state index in [4.69, 9.17) is 0 Å². The molecular weight excluding hydrogens is 397 g/mol. The molecule has 0 fully saturated rings. The molecule has 1 aromatic rings. The summed E-state index contributed by atoms with van der Waals surface area (Å²) >= 11 is 0. The van der Waals surface area contributed by atoms with Crippen molar-refractivity contribution in [2.75, 3.05) is 0 Å². The second kappa shape index (κ2) is 17.0. The number of halogens is 3. The summed E-state index contributed by atoms with van der Waals surface area (Å²) in [6, 6.07) is 5.54. The second-order valence-electron chi connectivity index (χ2n) is 8.53. The highest BCUT2D eigenvalue weighted by atomic mass is 19.4. The number of carbonyl (C=O) groups is 1. The molecule has 1 nitrogen and oxygen atoms in total. The molecule has 0 amide bonds. The Morgan fingerprint density at radius 3 is 1.94 bits per heavy atom. The van der Waals surface area contributed by atoms with Crippen LogP contribution in [-0.4, -0.2) is 5.78 Å². The van der Waals surface area contributed by atoms with Gasteiger partial charge in [0.25, 0.3) is 0 Å². The van der Waals surface area contributed by atoms with Crippen molar-refractivity contribution >= 4 is 5.78 Å². The van der Waals surface area contributed by atoms with Gasteiger partial charge >= 0.3 is 6.18 Å². The number of aryl methyl sites for hydroxylation is 1. The van der Waals surface area contributed by atoms with Crippen LogP contribution in [0.4, 0.5) is 13.2 Å². The minimum atomic E-state index is -4.36. The molecule has 0 spiro atoms. The van der Waals surface area contributed by atoms with Crippen LogP contribution in [0.15, 0.2) is 36.4 Å². The molecule has 0 saturated carbocycles. The molecule has 176 valence electrons. The molecule has 0 radical (unpaired) electrons. The van der Waals surface area contributed by atoms with Gasteiger partial charge in [-0.25, -0.2) is 0 Å². The summed E-state index contributed by atoms with van der Waals surface area (Å²) in [5, 5.41) is 0. The maximum atomic E-state index is 13.0. The van der Waals surface area contributed by atoms with Crippen molar-refractivity contribution in [1.82, 2.24) is 0 Å². The molecule has 31 heavy (non-hydrogen) atoms. The van der Waals surface area contributed by atoms with E-state index in [1.165, 1.54) is 69.9 Å². The van der Waals surface area contributed by atoms with Crippen LogP contribution >= 0.6 is 0 Å². The molecule has 0 aliphatic carbocycles. The average Bonchev–Trinajstić information content (AvgIpc) is 2.74. The molecular formula is C27H41F3O. The zero-order chi connectivity index (χ0) is 22.8. The third-order valence-electron chi connectivity index (χ3n) is 5.71. The summed E-state index contributed by atoms with van der Waals surface area (Å²) in [6.45, 7) is 2.24. The van der Waals surface area contributed by atoms with E-state index in [1.54, 1.807) is 6.07 Å². The van der Waals surface area contributed by atoms with E-state index in [2.05, 4.69) is 19.1 Å². The summed E-state index contributed by atoms with van der Waals surface area (Å²) in [4.78, 5) is 12.0. The fourth-order valence-corrected chi connectivity index (χ4v) is 3.81. The first-order valence-electron chi connectivity index (χ1n) is 12.3. The number of ketones is 1. The van der Waals surface area contributed by atoms with E-state index >= 15 is 0 Å². The van der Waals surface area contributed by atoms with Crippen molar-refractivity contribution in [2.24, 2.45) is 0 Å². The lowest BCUT2D eigenvalue weighted by molar-refractivity contribution is -0.138. The monoisotopic (exact) mass is 438 g/mol. The predicted octanol–water partition coefficient (Wildman–Crippen LogP) is 9.24. The normalized spacial score (nSPS) is 12.0. The summed E-state index contributed by atoms with van der Waals surface area (Å²) in [7, 11) is 0. The highest BCUT2D eigenvalue weighted by Gasteiger charge is 2.32. The lowest BCUT2D eigenvalue weighted by Gasteiger charge is -2.12. The summed E-state index contributed by atoms with van der Waals surface area (Å²) in [6.07, 6.45) is 16.8. The predicted molar refractivity (Wildman–Crippen MR) is 124 cm³/mol. The van der Waals surface area contributed by atoms with Gasteiger partial charge in [0.2, 0.25) is 0 Å². The van der Waals surface area contributed by atoms with Crippen LogP contribution in [0.5, 0.6) is 0 Å².